The molecule has 0 saturated carbocycles. The van der Waals surface area contributed by atoms with Crippen molar-refractivity contribution in [1.82, 2.24) is 0 Å². The fourth-order valence-corrected chi connectivity index (χ4v) is 1.39. The molecule has 0 aliphatic rings. The first-order valence-electron chi connectivity index (χ1n) is 4.52. The van der Waals surface area contributed by atoms with Gasteiger partial charge in [-0.3, -0.25) is 4.79 Å². The number of alkyl halides is 3. The average molecular weight is 268 g/mol. The van der Waals surface area contributed by atoms with Crippen LogP contribution in [0.3, 0.4) is 0 Å². The van der Waals surface area contributed by atoms with Crippen molar-refractivity contribution >= 4 is 23.1 Å². The second-order valence-electron chi connectivity index (χ2n) is 3.27. The Balaban J connectivity index is 2.59. The number of rotatable bonds is 4. The molecule has 3 nitrogen and oxygen atoms in total. The fourth-order valence-electron chi connectivity index (χ4n) is 1.09. The zero-order chi connectivity index (χ0) is 13.1. The molecule has 1 aromatic rings. The van der Waals surface area contributed by atoms with E-state index < -0.39 is 25.2 Å². The molecule has 0 bridgehead atoms. The summed E-state index contributed by atoms with van der Waals surface area (Å²) in [5, 5.41) is 0.0885. The van der Waals surface area contributed by atoms with Crippen molar-refractivity contribution < 1.29 is 22.7 Å². The molecule has 0 heterocycles. The van der Waals surface area contributed by atoms with Gasteiger partial charge in [0.1, 0.15) is 13.2 Å². The highest BCUT2D eigenvalue weighted by atomic mass is 35.5. The Morgan fingerprint density at radius 1 is 1.41 bits per heavy atom. The van der Waals surface area contributed by atoms with Gasteiger partial charge in [-0.2, -0.15) is 13.2 Å². The lowest BCUT2D eigenvalue weighted by molar-refractivity contribution is -0.170. The van der Waals surface area contributed by atoms with Gasteiger partial charge >= 0.3 is 6.18 Å². The molecule has 7 heteroatoms. The Hall–Kier alpha value is -1.27. The number of carbonyl (C=O) groups is 1. The van der Waals surface area contributed by atoms with Gasteiger partial charge in [-0.05, 0) is 18.2 Å². The molecule has 2 N–H and O–H groups in total. The number of nitrogens with two attached hydrogens (primary N) is 1. The highest BCUT2D eigenvalue weighted by molar-refractivity contribution is 6.34. The van der Waals surface area contributed by atoms with Crippen LogP contribution in [0.5, 0.6) is 0 Å². The number of Topliss-reactive ketones (excluding diaryl/α,β-unsaturated/α-hetero) is 1. The third-order valence-electron chi connectivity index (χ3n) is 1.79. The van der Waals surface area contributed by atoms with Gasteiger partial charge in [0.2, 0.25) is 0 Å². The smallest absolute Gasteiger partial charge is 0.399 e. The summed E-state index contributed by atoms with van der Waals surface area (Å²) in [6, 6.07) is 4.12. The number of ether oxygens (including phenoxy) is 1. The number of benzene rings is 1. The number of anilines is 1. The molecular weight excluding hydrogens is 259 g/mol. The maximum absolute atomic E-state index is 11.8. The quantitative estimate of drug-likeness (QED) is 0.674. The Bertz CT molecular complexity index is 421. The molecule has 0 aromatic heterocycles. The summed E-state index contributed by atoms with van der Waals surface area (Å²) < 4.78 is 39.5. The molecule has 0 fully saturated rings. The molecule has 0 aliphatic heterocycles. The predicted octanol–water partition coefficient (Wildman–Crippen LogP) is 2.68. The van der Waals surface area contributed by atoms with Gasteiger partial charge in [0.25, 0.3) is 0 Å². The SMILES string of the molecule is Nc1ccc(C(=O)COCC(F)(F)F)c(Cl)c1. The normalized spacial score (nSPS) is 11.5. The molecule has 0 unspecified atom stereocenters. The van der Waals surface area contributed by atoms with Crippen molar-refractivity contribution in [3.63, 3.8) is 0 Å². The average Bonchev–Trinajstić information content (AvgIpc) is 2.15. The summed E-state index contributed by atoms with van der Waals surface area (Å²) in [7, 11) is 0. The van der Waals surface area contributed by atoms with Crippen LogP contribution in [-0.4, -0.2) is 25.2 Å². The lowest BCUT2D eigenvalue weighted by atomic mass is 10.1. The first-order valence-corrected chi connectivity index (χ1v) is 4.90. The Morgan fingerprint density at radius 3 is 2.59 bits per heavy atom. The second kappa shape index (κ2) is 5.37. The summed E-state index contributed by atoms with van der Waals surface area (Å²) in [5.74, 6) is -0.626. The van der Waals surface area contributed by atoms with Gasteiger partial charge in [0, 0.05) is 11.3 Å². The van der Waals surface area contributed by atoms with E-state index in [2.05, 4.69) is 4.74 Å². The van der Waals surface area contributed by atoms with Crippen LogP contribution in [0.4, 0.5) is 18.9 Å². The van der Waals surface area contributed by atoms with E-state index in [0.717, 1.165) is 0 Å². The van der Waals surface area contributed by atoms with E-state index in [-0.39, 0.29) is 10.6 Å². The molecule has 1 aromatic carbocycles. The van der Waals surface area contributed by atoms with Gasteiger partial charge in [-0.25, -0.2) is 0 Å². The minimum atomic E-state index is -4.45. The van der Waals surface area contributed by atoms with E-state index in [0.29, 0.717) is 5.69 Å². The molecule has 0 amide bonds. The van der Waals surface area contributed by atoms with Crippen LogP contribution in [0.15, 0.2) is 18.2 Å². The summed E-state index contributed by atoms with van der Waals surface area (Å²) in [5.41, 5.74) is 5.86. The minimum Gasteiger partial charge on any atom is -0.399 e. The highest BCUT2D eigenvalue weighted by Gasteiger charge is 2.28. The van der Waals surface area contributed by atoms with E-state index in [1.54, 1.807) is 0 Å². The van der Waals surface area contributed by atoms with E-state index in [1.807, 2.05) is 0 Å². The van der Waals surface area contributed by atoms with Crippen molar-refractivity contribution in [1.29, 1.82) is 0 Å². The summed E-state index contributed by atoms with van der Waals surface area (Å²) in [6.07, 6.45) is -4.45. The van der Waals surface area contributed by atoms with E-state index >= 15 is 0 Å². The largest absolute Gasteiger partial charge is 0.411 e. The molecule has 17 heavy (non-hydrogen) atoms. The number of nitrogen functional groups attached to an aromatic ring is 1. The summed E-state index contributed by atoms with van der Waals surface area (Å²) in [6.45, 7) is -2.14. The number of hydrogen-bond donors (Lipinski definition) is 1. The van der Waals surface area contributed by atoms with Crippen molar-refractivity contribution in [2.24, 2.45) is 0 Å². The van der Waals surface area contributed by atoms with E-state index in [4.69, 9.17) is 17.3 Å². The molecule has 0 spiro atoms. The maximum atomic E-state index is 11.8. The van der Waals surface area contributed by atoms with Crippen molar-refractivity contribution in [2.45, 2.75) is 6.18 Å². The molecule has 0 saturated heterocycles. The Labute approximate surface area is 100 Å². The molecule has 94 valence electrons. The monoisotopic (exact) mass is 267 g/mol. The molecule has 0 atom stereocenters. The van der Waals surface area contributed by atoms with Gasteiger partial charge in [-0.1, -0.05) is 11.6 Å². The van der Waals surface area contributed by atoms with Crippen LogP contribution in [0.1, 0.15) is 10.4 Å². The van der Waals surface area contributed by atoms with Crippen LogP contribution in [0, 0.1) is 0 Å². The van der Waals surface area contributed by atoms with Crippen LogP contribution < -0.4 is 5.73 Å². The molecule has 0 aliphatic carbocycles. The highest BCUT2D eigenvalue weighted by Crippen LogP contribution is 2.20. The van der Waals surface area contributed by atoms with Crippen molar-refractivity contribution in [3.8, 4) is 0 Å². The Kier molecular flexibility index (Phi) is 4.36. The van der Waals surface area contributed by atoms with Crippen LogP contribution in [0.25, 0.3) is 0 Å². The van der Waals surface area contributed by atoms with Gasteiger partial charge in [0.05, 0.1) is 5.02 Å². The van der Waals surface area contributed by atoms with Gasteiger partial charge in [-0.15, -0.1) is 0 Å². The molecule has 1 rings (SSSR count). The molecular formula is C10H9ClF3NO2. The van der Waals surface area contributed by atoms with E-state index in [1.165, 1.54) is 18.2 Å². The zero-order valence-corrected chi connectivity index (χ0v) is 9.31. The van der Waals surface area contributed by atoms with Gasteiger partial charge in [0.15, 0.2) is 5.78 Å². The van der Waals surface area contributed by atoms with Crippen molar-refractivity contribution in [3.05, 3.63) is 28.8 Å². The van der Waals surface area contributed by atoms with Crippen molar-refractivity contribution in [2.75, 3.05) is 18.9 Å². The maximum Gasteiger partial charge on any atom is 0.411 e. The van der Waals surface area contributed by atoms with Crippen LogP contribution in [-0.2, 0) is 4.74 Å². The number of halogens is 4. The topological polar surface area (TPSA) is 52.3 Å². The lowest BCUT2D eigenvalue weighted by Gasteiger charge is -2.08. The lowest BCUT2D eigenvalue weighted by Crippen LogP contribution is -2.20. The third-order valence-corrected chi connectivity index (χ3v) is 2.11. The van der Waals surface area contributed by atoms with E-state index in [9.17, 15) is 18.0 Å². The van der Waals surface area contributed by atoms with Gasteiger partial charge < -0.3 is 10.5 Å². The number of carbonyl (C=O) groups excluding carboxylic acids is 1. The number of hydrogen-bond acceptors (Lipinski definition) is 3. The molecule has 0 radical (unpaired) electrons. The number of ketones is 1. The fraction of sp³-hybridized carbons (Fsp3) is 0.300. The summed E-state index contributed by atoms with van der Waals surface area (Å²) >= 11 is 5.71. The summed E-state index contributed by atoms with van der Waals surface area (Å²) in [4.78, 5) is 11.4. The third kappa shape index (κ3) is 4.62. The second-order valence-corrected chi connectivity index (χ2v) is 3.68. The zero-order valence-electron chi connectivity index (χ0n) is 8.55. The first-order chi connectivity index (χ1) is 7.79. The Morgan fingerprint density at radius 2 is 2.06 bits per heavy atom. The van der Waals surface area contributed by atoms with Crippen LogP contribution in [0.2, 0.25) is 5.02 Å². The first kappa shape index (κ1) is 13.8. The predicted molar refractivity (Wildman–Crippen MR) is 57.1 cm³/mol. The van der Waals surface area contributed by atoms with Crippen LogP contribution >= 0.6 is 11.6 Å². The minimum absolute atomic E-state index is 0.0861. The standard InChI is InChI=1S/C10H9ClF3NO2/c11-8-3-6(15)1-2-7(8)9(16)4-17-5-10(12,13)14/h1-3H,4-5,15H2.